The summed E-state index contributed by atoms with van der Waals surface area (Å²) in [6.45, 7) is 2.54. The van der Waals surface area contributed by atoms with E-state index in [-0.39, 0.29) is 11.8 Å². The molecule has 1 aromatic rings. The zero-order valence-corrected chi connectivity index (χ0v) is 12.7. The molecule has 6 nitrogen and oxygen atoms in total. The zero-order valence-electron chi connectivity index (χ0n) is 12.0. The molecule has 2 saturated heterocycles. The van der Waals surface area contributed by atoms with Crippen molar-refractivity contribution in [3.05, 3.63) is 6.07 Å². The van der Waals surface area contributed by atoms with Gasteiger partial charge in [0.25, 0.3) is 0 Å². The largest absolute Gasteiger partial charge is 0.383 e. The maximum absolute atomic E-state index is 12.1. The van der Waals surface area contributed by atoms with E-state index >= 15 is 0 Å². The molecule has 7 heteroatoms. The molecule has 0 radical (unpaired) electrons. The number of aromatic nitrogens is 2. The Hall–Kier alpha value is -1.56. The molecule has 3 heterocycles. The van der Waals surface area contributed by atoms with Crippen LogP contribution in [0.15, 0.2) is 6.07 Å². The van der Waals surface area contributed by atoms with E-state index in [1.54, 1.807) is 11.0 Å². The number of hydrogen-bond donors (Lipinski definition) is 1. The lowest BCUT2D eigenvalue weighted by atomic mass is 10.1. The van der Waals surface area contributed by atoms with E-state index in [0.29, 0.717) is 30.6 Å². The highest BCUT2D eigenvalue weighted by Gasteiger charge is 2.32. The molecular weight excluding hydrogens is 290 g/mol. The first-order valence-corrected chi connectivity index (χ1v) is 7.96. The molecule has 1 unspecified atom stereocenters. The molecule has 1 aromatic heterocycles. The summed E-state index contributed by atoms with van der Waals surface area (Å²) >= 11 is 5.86. The van der Waals surface area contributed by atoms with Crippen LogP contribution in [0.2, 0.25) is 0 Å². The van der Waals surface area contributed by atoms with Gasteiger partial charge in [-0.3, -0.25) is 9.69 Å². The molecule has 2 N–H and O–H groups in total. The number of carbonyl (C=O) groups excluding carboxylic acids is 1. The summed E-state index contributed by atoms with van der Waals surface area (Å²) in [5.74, 6) is 2.30. The second-order valence-corrected chi connectivity index (χ2v) is 6.04. The van der Waals surface area contributed by atoms with Crippen molar-refractivity contribution in [3.63, 3.8) is 0 Å². The summed E-state index contributed by atoms with van der Waals surface area (Å²) in [7, 11) is 0. The minimum Gasteiger partial charge on any atom is -0.383 e. The van der Waals surface area contributed by atoms with E-state index in [2.05, 4.69) is 14.9 Å². The second kappa shape index (κ2) is 6.05. The minimum atomic E-state index is 0.0239. The van der Waals surface area contributed by atoms with E-state index < -0.39 is 0 Å². The average molecular weight is 310 g/mol. The molecular formula is C14H20ClN5O. The molecule has 2 aliphatic rings. The molecule has 2 aliphatic heterocycles. The molecule has 0 aliphatic carbocycles. The lowest BCUT2D eigenvalue weighted by Crippen LogP contribution is -2.32. The Morgan fingerprint density at radius 2 is 2.05 bits per heavy atom. The highest BCUT2D eigenvalue weighted by atomic mass is 35.5. The van der Waals surface area contributed by atoms with Gasteiger partial charge in [0.05, 0.1) is 0 Å². The number of anilines is 3. The number of hydrogen-bond acceptors (Lipinski definition) is 5. The smallest absolute Gasteiger partial charge is 0.236 e. The summed E-state index contributed by atoms with van der Waals surface area (Å²) in [5.41, 5.74) is 5.90. The Bertz CT molecular complexity index is 532. The number of halogens is 1. The van der Waals surface area contributed by atoms with Crippen LogP contribution in [0.4, 0.5) is 17.6 Å². The number of piperidine rings is 1. The molecule has 0 saturated carbocycles. The lowest BCUT2D eigenvalue weighted by molar-refractivity contribution is -0.117. The van der Waals surface area contributed by atoms with Crippen LogP contribution < -0.4 is 15.5 Å². The molecule has 1 amide bonds. The van der Waals surface area contributed by atoms with Crippen molar-refractivity contribution in [1.29, 1.82) is 0 Å². The Labute approximate surface area is 129 Å². The zero-order chi connectivity index (χ0) is 14.8. The van der Waals surface area contributed by atoms with Crippen LogP contribution in [0.5, 0.6) is 0 Å². The van der Waals surface area contributed by atoms with E-state index in [4.69, 9.17) is 17.3 Å². The van der Waals surface area contributed by atoms with Crippen LogP contribution in [-0.4, -0.2) is 41.4 Å². The van der Waals surface area contributed by atoms with Gasteiger partial charge in [0, 0.05) is 38.0 Å². The van der Waals surface area contributed by atoms with Gasteiger partial charge in [-0.1, -0.05) is 0 Å². The van der Waals surface area contributed by atoms with Gasteiger partial charge in [-0.2, -0.15) is 9.97 Å². The van der Waals surface area contributed by atoms with Crippen LogP contribution in [0, 0.1) is 5.92 Å². The standard InChI is InChI=1S/C14H20ClN5O/c15-8-10-6-13(21)20(9-10)14-17-11(16)7-12(18-14)19-4-2-1-3-5-19/h7,10H,1-6,8-9H2,(H2,16,17,18). The third-order valence-corrected chi connectivity index (χ3v) is 4.50. The molecule has 21 heavy (non-hydrogen) atoms. The fraction of sp³-hybridized carbons (Fsp3) is 0.643. The van der Waals surface area contributed by atoms with Crippen molar-refractivity contribution in [2.75, 3.05) is 41.0 Å². The molecule has 0 spiro atoms. The highest BCUT2D eigenvalue weighted by molar-refractivity contribution is 6.18. The number of nitrogen functional groups attached to an aromatic ring is 1. The first-order valence-electron chi connectivity index (χ1n) is 7.43. The van der Waals surface area contributed by atoms with Gasteiger partial charge >= 0.3 is 0 Å². The lowest BCUT2D eigenvalue weighted by Gasteiger charge is -2.28. The van der Waals surface area contributed by atoms with Gasteiger partial charge in [-0.25, -0.2) is 0 Å². The molecule has 1 atom stereocenters. The van der Waals surface area contributed by atoms with Gasteiger partial charge in [0.1, 0.15) is 11.6 Å². The van der Waals surface area contributed by atoms with Crippen molar-refractivity contribution in [2.24, 2.45) is 5.92 Å². The molecule has 114 valence electrons. The minimum absolute atomic E-state index is 0.0239. The summed E-state index contributed by atoms with van der Waals surface area (Å²) < 4.78 is 0. The summed E-state index contributed by atoms with van der Waals surface area (Å²) in [5, 5.41) is 0. The van der Waals surface area contributed by atoms with Crippen molar-refractivity contribution < 1.29 is 4.79 Å². The Morgan fingerprint density at radius 1 is 1.29 bits per heavy atom. The van der Waals surface area contributed by atoms with Crippen molar-refractivity contribution in [1.82, 2.24) is 9.97 Å². The predicted molar refractivity (Wildman–Crippen MR) is 83.7 cm³/mol. The quantitative estimate of drug-likeness (QED) is 0.859. The third-order valence-electron chi connectivity index (χ3n) is 4.07. The fourth-order valence-corrected chi connectivity index (χ4v) is 3.13. The van der Waals surface area contributed by atoms with Gasteiger partial charge in [0.15, 0.2) is 0 Å². The van der Waals surface area contributed by atoms with Gasteiger partial charge in [-0.05, 0) is 25.2 Å². The molecule has 0 aromatic carbocycles. The SMILES string of the molecule is Nc1cc(N2CCCCC2)nc(N2CC(CCl)CC2=O)n1. The van der Waals surface area contributed by atoms with Crippen molar-refractivity contribution >= 4 is 35.1 Å². The monoisotopic (exact) mass is 309 g/mol. The number of nitrogens with zero attached hydrogens (tertiary/aromatic N) is 4. The van der Waals surface area contributed by atoms with Crippen molar-refractivity contribution in [2.45, 2.75) is 25.7 Å². The van der Waals surface area contributed by atoms with Gasteiger partial charge in [0.2, 0.25) is 11.9 Å². The fourth-order valence-electron chi connectivity index (χ4n) is 2.92. The first-order chi connectivity index (χ1) is 10.2. The van der Waals surface area contributed by atoms with Crippen LogP contribution in [0.25, 0.3) is 0 Å². The summed E-state index contributed by atoms with van der Waals surface area (Å²) in [6.07, 6.45) is 4.04. The van der Waals surface area contributed by atoms with E-state index in [1.165, 1.54) is 6.42 Å². The van der Waals surface area contributed by atoms with E-state index in [1.807, 2.05) is 0 Å². The number of carbonyl (C=O) groups is 1. The second-order valence-electron chi connectivity index (χ2n) is 5.73. The summed E-state index contributed by atoms with van der Waals surface area (Å²) in [6, 6.07) is 1.79. The average Bonchev–Trinajstić information content (AvgIpc) is 2.89. The van der Waals surface area contributed by atoms with Crippen LogP contribution in [0.1, 0.15) is 25.7 Å². The Morgan fingerprint density at radius 3 is 2.71 bits per heavy atom. The number of nitrogens with two attached hydrogens (primary N) is 1. The normalized spacial score (nSPS) is 22.9. The molecule has 0 bridgehead atoms. The third kappa shape index (κ3) is 3.05. The summed E-state index contributed by atoms with van der Waals surface area (Å²) in [4.78, 5) is 24.7. The first kappa shape index (κ1) is 14.4. The predicted octanol–water partition coefficient (Wildman–Crippen LogP) is 1.64. The van der Waals surface area contributed by atoms with Gasteiger partial charge < -0.3 is 10.6 Å². The highest BCUT2D eigenvalue weighted by Crippen LogP contribution is 2.27. The van der Waals surface area contributed by atoms with Crippen LogP contribution >= 0.6 is 11.6 Å². The van der Waals surface area contributed by atoms with E-state index in [0.717, 1.165) is 31.7 Å². The van der Waals surface area contributed by atoms with Crippen molar-refractivity contribution in [3.8, 4) is 0 Å². The maximum atomic E-state index is 12.1. The number of rotatable bonds is 3. The maximum Gasteiger partial charge on any atom is 0.236 e. The van der Waals surface area contributed by atoms with Crippen LogP contribution in [0.3, 0.4) is 0 Å². The Balaban J connectivity index is 1.85. The number of alkyl halides is 1. The molecule has 3 rings (SSSR count). The van der Waals surface area contributed by atoms with Gasteiger partial charge in [-0.15, -0.1) is 11.6 Å². The Kier molecular flexibility index (Phi) is 4.14. The van der Waals surface area contributed by atoms with Crippen LogP contribution in [-0.2, 0) is 4.79 Å². The topological polar surface area (TPSA) is 75.3 Å². The molecule has 2 fully saturated rings. The van der Waals surface area contributed by atoms with E-state index in [9.17, 15) is 4.79 Å². The number of amides is 1.